The number of hydrogen-bond acceptors (Lipinski definition) is 4. The minimum Gasteiger partial charge on any atom is -0.292 e. The van der Waals surface area contributed by atoms with E-state index >= 15 is 0 Å². The summed E-state index contributed by atoms with van der Waals surface area (Å²) in [4.78, 5) is 14.1. The first-order chi connectivity index (χ1) is 14.2. The van der Waals surface area contributed by atoms with Gasteiger partial charge in [-0.3, -0.25) is 9.89 Å². The van der Waals surface area contributed by atoms with Gasteiger partial charge in [-0.15, -0.1) is 16.9 Å². The number of nitrogens with zero attached hydrogens (tertiary/aromatic N) is 3. The third-order valence-corrected chi connectivity index (χ3v) is 5.46. The number of thioether (sulfide) groups is 1. The van der Waals surface area contributed by atoms with E-state index in [2.05, 4.69) is 15.3 Å². The molecule has 3 aromatic carbocycles. The Hall–Kier alpha value is -3.09. The summed E-state index contributed by atoms with van der Waals surface area (Å²) in [6, 6.07) is 26.4. The molecule has 0 aliphatic rings. The van der Waals surface area contributed by atoms with Gasteiger partial charge in [0.2, 0.25) is 0 Å². The summed E-state index contributed by atoms with van der Waals surface area (Å²) in [6.45, 7) is 0. The van der Waals surface area contributed by atoms with Crippen molar-refractivity contribution in [2.75, 3.05) is 0 Å². The molecule has 0 aliphatic heterocycles. The van der Waals surface area contributed by atoms with Gasteiger partial charge in [-0.25, -0.2) is 4.68 Å². The molecule has 144 valence electrons. The van der Waals surface area contributed by atoms with Gasteiger partial charge < -0.3 is 0 Å². The van der Waals surface area contributed by atoms with Crippen LogP contribution in [-0.2, 0) is 5.75 Å². The molecule has 1 N–H and O–H groups in total. The smallest absolute Gasteiger partial charge is 0.292 e. The van der Waals surface area contributed by atoms with Crippen LogP contribution in [0.2, 0.25) is 5.02 Å². The van der Waals surface area contributed by atoms with Gasteiger partial charge in [-0.1, -0.05) is 48.0 Å². The number of halogens is 1. The monoisotopic (exact) mass is 420 g/mol. The molecule has 29 heavy (non-hydrogen) atoms. The lowest BCUT2D eigenvalue weighted by molar-refractivity contribution is 0.833. The van der Waals surface area contributed by atoms with Gasteiger partial charge in [0.25, 0.3) is 5.56 Å². The highest BCUT2D eigenvalue weighted by molar-refractivity contribution is 7.98. The number of aromatic amines is 1. The van der Waals surface area contributed by atoms with Gasteiger partial charge in [0.15, 0.2) is 5.69 Å². The summed E-state index contributed by atoms with van der Waals surface area (Å²) in [6.07, 6.45) is 0. The van der Waals surface area contributed by atoms with Crippen LogP contribution < -0.4 is 5.56 Å². The lowest BCUT2D eigenvalue weighted by atomic mass is 10.3. The molecule has 1 heterocycles. The molecule has 0 spiro atoms. The molecule has 5 nitrogen and oxygen atoms in total. The summed E-state index contributed by atoms with van der Waals surface area (Å²) in [7, 11) is 0. The van der Waals surface area contributed by atoms with Crippen molar-refractivity contribution in [2.24, 2.45) is 10.2 Å². The number of nitrogens with one attached hydrogen (secondary N) is 1. The molecular weight excluding hydrogens is 404 g/mol. The molecule has 1 aromatic heterocycles. The van der Waals surface area contributed by atoms with Crippen molar-refractivity contribution < 1.29 is 0 Å². The molecule has 4 aromatic rings. The van der Waals surface area contributed by atoms with E-state index in [0.717, 1.165) is 10.6 Å². The number of para-hydroxylation sites is 1. The van der Waals surface area contributed by atoms with Gasteiger partial charge in [-0.05, 0) is 48.5 Å². The molecular formula is C22H17ClN4OS. The Labute approximate surface area is 177 Å². The molecule has 0 saturated heterocycles. The molecule has 0 fully saturated rings. The van der Waals surface area contributed by atoms with Crippen molar-refractivity contribution in [3.05, 3.63) is 106 Å². The van der Waals surface area contributed by atoms with Crippen LogP contribution >= 0.6 is 23.4 Å². The zero-order valence-corrected chi connectivity index (χ0v) is 16.9. The Morgan fingerprint density at radius 1 is 0.862 bits per heavy atom. The maximum absolute atomic E-state index is 13.0. The fourth-order valence-electron chi connectivity index (χ4n) is 2.73. The van der Waals surface area contributed by atoms with E-state index in [-0.39, 0.29) is 5.56 Å². The maximum atomic E-state index is 13.0. The van der Waals surface area contributed by atoms with E-state index in [1.54, 1.807) is 11.8 Å². The predicted molar refractivity (Wildman–Crippen MR) is 118 cm³/mol. The van der Waals surface area contributed by atoms with Crippen LogP contribution in [0.25, 0.3) is 5.69 Å². The minimum atomic E-state index is -0.234. The molecule has 0 unspecified atom stereocenters. The topological polar surface area (TPSA) is 62.5 Å². The normalized spacial score (nSPS) is 11.2. The summed E-state index contributed by atoms with van der Waals surface area (Å²) >= 11 is 7.55. The predicted octanol–water partition coefficient (Wildman–Crippen LogP) is 6.53. The zero-order valence-electron chi connectivity index (χ0n) is 15.3. The zero-order chi connectivity index (χ0) is 20.1. The molecule has 0 bridgehead atoms. The summed E-state index contributed by atoms with van der Waals surface area (Å²) in [5, 5.41) is 12.4. The second-order valence-electron chi connectivity index (χ2n) is 6.19. The van der Waals surface area contributed by atoms with E-state index in [0.29, 0.717) is 27.8 Å². The van der Waals surface area contributed by atoms with E-state index in [1.807, 2.05) is 84.9 Å². The summed E-state index contributed by atoms with van der Waals surface area (Å²) < 4.78 is 1.50. The van der Waals surface area contributed by atoms with Crippen molar-refractivity contribution >= 4 is 34.7 Å². The van der Waals surface area contributed by atoms with Crippen molar-refractivity contribution in [1.82, 2.24) is 9.78 Å². The van der Waals surface area contributed by atoms with E-state index < -0.39 is 0 Å². The molecule has 7 heteroatoms. The van der Waals surface area contributed by atoms with Crippen LogP contribution in [0.15, 0.2) is 105 Å². The summed E-state index contributed by atoms with van der Waals surface area (Å²) in [5.74, 6) is 0.542. The van der Waals surface area contributed by atoms with Gasteiger partial charge in [0.1, 0.15) is 0 Å². The minimum absolute atomic E-state index is 0.234. The second-order valence-corrected chi connectivity index (χ2v) is 7.68. The van der Waals surface area contributed by atoms with E-state index in [9.17, 15) is 4.79 Å². The average Bonchev–Trinajstić information content (AvgIpc) is 3.08. The number of hydrogen-bond donors (Lipinski definition) is 1. The Kier molecular flexibility index (Phi) is 5.93. The van der Waals surface area contributed by atoms with Crippen molar-refractivity contribution in [3.8, 4) is 5.69 Å². The van der Waals surface area contributed by atoms with E-state index in [1.165, 1.54) is 4.68 Å². The van der Waals surface area contributed by atoms with Crippen molar-refractivity contribution in [2.45, 2.75) is 10.6 Å². The first kappa shape index (κ1) is 19.2. The second kappa shape index (κ2) is 8.94. The number of azo groups is 1. The Morgan fingerprint density at radius 3 is 2.21 bits per heavy atom. The molecule has 4 rings (SSSR count). The Bertz CT molecular complexity index is 1170. The number of H-pyrrole nitrogens is 1. The fourth-order valence-corrected chi connectivity index (χ4v) is 3.69. The van der Waals surface area contributed by atoms with Crippen LogP contribution in [0.5, 0.6) is 0 Å². The largest absolute Gasteiger partial charge is 0.299 e. The van der Waals surface area contributed by atoms with Crippen LogP contribution in [0.3, 0.4) is 0 Å². The third-order valence-electron chi connectivity index (χ3n) is 4.17. The fraction of sp³-hybridized carbons (Fsp3) is 0.0455. The molecule has 0 amide bonds. The lowest BCUT2D eigenvalue weighted by Gasteiger charge is -2.02. The molecule has 0 radical (unpaired) electrons. The van der Waals surface area contributed by atoms with Gasteiger partial charge in [0.05, 0.1) is 17.1 Å². The third kappa shape index (κ3) is 4.67. The molecule has 0 aliphatic carbocycles. The van der Waals surface area contributed by atoms with Gasteiger partial charge in [-0.2, -0.15) is 5.11 Å². The van der Waals surface area contributed by atoms with Crippen LogP contribution in [0, 0.1) is 0 Å². The highest BCUT2D eigenvalue weighted by atomic mass is 35.5. The van der Waals surface area contributed by atoms with Crippen LogP contribution in [0.4, 0.5) is 11.4 Å². The SMILES string of the molecule is O=c1c(N=Nc2ccccc2)c(CSc2ccc(Cl)cc2)[nH]n1-c1ccccc1. The van der Waals surface area contributed by atoms with Gasteiger partial charge in [0, 0.05) is 15.7 Å². The quantitative estimate of drug-likeness (QED) is 0.285. The van der Waals surface area contributed by atoms with Gasteiger partial charge >= 0.3 is 0 Å². The number of rotatable bonds is 6. The van der Waals surface area contributed by atoms with Crippen molar-refractivity contribution in [1.29, 1.82) is 0 Å². The standard InChI is InChI=1S/C22H17ClN4OS/c23-16-11-13-19(14-12-16)29-15-20-21(25-24-17-7-3-1-4-8-17)22(28)27(26-20)18-9-5-2-6-10-18/h1-14,26H,15H2. The number of aromatic nitrogens is 2. The molecule has 0 saturated carbocycles. The number of benzene rings is 3. The molecule has 0 atom stereocenters. The average molecular weight is 421 g/mol. The highest BCUT2D eigenvalue weighted by Crippen LogP contribution is 2.28. The van der Waals surface area contributed by atoms with E-state index in [4.69, 9.17) is 11.6 Å². The van der Waals surface area contributed by atoms with Crippen LogP contribution in [-0.4, -0.2) is 9.78 Å². The van der Waals surface area contributed by atoms with Crippen molar-refractivity contribution in [3.63, 3.8) is 0 Å². The first-order valence-corrected chi connectivity index (χ1v) is 10.3. The summed E-state index contributed by atoms with van der Waals surface area (Å²) in [5.41, 5.74) is 2.22. The Morgan fingerprint density at radius 2 is 1.52 bits per heavy atom. The maximum Gasteiger partial charge on any atom is 0.299 e. The van der Waals surface area contributed by atoms with Crippen LogP contribution in [0.1, 0.15) is 5.69 Å². The Balaban J connectivity index is 1.68. The first-order valence-electron chi connectivity index (χ1n) is 8.95. The lowest BCUT2D eigenvalue weighted by Crippen LogP contribution is -2.13. The highest BCUT2D eigenvalue weighted by Gasteiger charge is 2.15.